The van der Waals surface area contributed by atoms with Crippen molar-refractivity contribution in [3.63, 3.8) is 0 Å². The molecule has 8 heteroatoms. The van der Waals surface area contributed by atoms with Crippen LogP contribution in [0.1, 0.15) is 5.69 Å². The Kier molecular flexibility index (Phi) is 3.16. The molecule has 88 valence electrons. The molecular weight excluding hydrogens is 290 g/mol. The second-order valence-electron chi connectivity index (χ2n) is 3.25. The van der Waals surface area contributed by atoms with E-state index in [4.69, 9.17) is 5.73 Å². The molecule has 1 aromatic heterocycles. The highest BCUT2D eigenvalue weighted by molar-refractivity contribution is 9.10. The fourth-order valence-electron chi connectivity index (χ4n) is 1.30. The van der Waals surface area contributed by atoms with Crippen molar-refractivity contribution < 1.29 is 4.92 Å². The van der Waals surface area contributed by atoms with Crippen molar-refractivity contribution in [3.05, 3.63) is 44.7 Å². The topological polar surface area (TPSA) is 99.9 Å². The highest BCUT2D eigenvalue weighted by Crippen LogP contribution is 2.26. The lowest BCUT2D eigenvalue weighted by Gasteiger charge is -2.01. The summed E-state index contributed by atoms with van der Waals surface area (Å²) < 4.78 is 1.90. The Morgan fingerprint density at radius 3 is 2.82 bits per heavy atom. The monoisotopic (exact) mass is 297 g/mol. The van der Waals surface area contributed by atoms with Crippen LogP contribution in [-0.4, -0.2) is 19.9 Å². The molecule has 0 fully saturated rings. The minimum atomic E-state index is -0.458. The maximum Gasteiger partial charge on any atom is 0.283 e. The SMILES string of the molecule is NCc1cn(-c2ccc([N+](=O)[O-])c(Br)c2)nn1. The van der Waals surface area contributed by atoms with E-state index in [0.717, 1.165) is 0 Å². The van der Waals surface area contributed by atoms with Gasteiger partial charge in [0.05, 0.1) is 27.0 Å². The molecule has 17 heavy (non-hydrogen) atoms. The van der Waals surface area contributed by atoms with Crippen LogP contribution >= 0.6 is 15.9 Å². The quantitative estimate of drug-likeness (QED) is 0.682. The first-order valence-corrected chi connectivity index (χ1v) is 5.46. The molecule has 0 bridgehead atoms. The molecule has 1 heterocycles. The predicted octanol–water partition coefficient (Wildman–Crippen LogP) is 1.40. The third kappa shape index (κ3) is 2.32. The summed E-state index contributed by atoms with van der Waals surface area (Å²) in [5.41, 5.74) is 6.76. The minimum absolute atomic E-state index is 0.00733. The average molecular weight is 298 g/mol. The number of aromatic nitrogens is 3. The summed E-state index contributed by atoms with van der Waals surface area (Å²) in [6, 6.07) is 4.61. The van der Waals surface area contributed by atoms with Crippen molar-refractivity contribution in [1.29, 1.82) is 0 Å². The van der Waals surface area contributed by atoms with Gasteiger partial charge >= 0.3 is 0 Å². The van der Waals surface area contributed by atoms with Crippen LogP contribution < -0.4 is 5.73 Å². The summed E-state index contributed by atoms with van der Waals surface area (Å²) >= 11 is 3.14. The maximum atomic E-state index is 10.6. The predicted molar refractivity (Wildman–Crippen MR) is 63.6 cm³/mol. The van der Waals surface area contributed by atoms with Gasteiger partial charge in [0.1, 0.15) is 0 Å². The number of nitrogens with two attached hydrogens (primary N) is 1. The molecule has 1 aromatic carbocycles. The molecule has 0 saturated carbocycles. The van der Waals surface area contributed by atoms with Crippen molar-refractivity contribution >= 4 is 21.6 Å². The smallest absolute Gasteiger partial charge is 0.283 e. The van der Waals surface area contributed by atoms with Crippen LogP contribution in [0.25, 0.3) is 5.69 Å². The molecule has 0 atom stereocenters. The number of nitrogens with zero attached hydrogens (tertiary/aromatic N) is 4. The minimum Gasteiger partial charge on any atom is -0.325 e. The Hall–Kier alpha value is -1.80. The summed E-state index contributed by atoms with van der Waals surface area (Å²) in [6.45, 7) is 0.300. The zero-order valence-electron chi connectivity index (χ0n) is 8.58. The first-order valence-electron chi connectivity index (χ1n) is 4.67. The first-order chi connectivity index (χ1) is 8.11. The van der Waals surface area contributed by atoms with Gasteiger partial charge in [-0.05, 0) is 28.1 Å². The number of halogens is 1. The van der Waals surface area contributed by atoms with Gasteiger partial charge in [0.15, 0.2) is 0 Å². The molecule has 0 spiro atoms. The zero-order chi connectivity index (χ0) is 12.4. The zero-order valence-corrected chi connectivity index (χ0v) is 10.2. The molecule has 0 saturated heterocycles. The van der Waals surface area contributed by atoms with Crippen molar-refractivity contribution in [1.82, 2.24) is 15.0 Å². The fourth-order valence-corrected chi connectivity index (χ4v) is 1.82. The number of hydrogen-bond donors (Lipinski definition) is 1. The summed E-state index contributed by atoms with van der Waals surface area (Å²) in [4.78, 5) is 10.2. The van der Waals surface area contributed by atoms with Gasteiger partial charge in [0.2, 0.25) is 0 Å². The summed E-state index contributed by atoms with van der Waals surface area (Å²) in [7, 11) is 0. The summed E-state index contributed by atoms with van der Waals surface area (Å²) in [5, 5.41) is 18.4. The fraction of sp³-hybridized carbons (Fsp3) is 0.111. The highest BCUT2D eigenvalue weighted by atomic mass is 79.9. The van der Waals surface area contributed by atoms with E-state index in [1.165, 1.54) is 10.7 Å². The van der Waals surface area contributed by atoms with Gasteiger partial charge in [-0.25, -0.2) is 4.68 Å². The second kappa shape index (κ2) is 4.60. The van der Waals surface area contributed by atoms with Crippen LogP contribution in [0, 0.1) is 10.1 Å². The number of benzene rings is 1. The molecule has 0 radical (unpaired) electrons. The standard InChI is InChI=1S/C9H8BrN5O2/c10-8-3-7(1-2-9(8)15(16)17)14-5-6(4-11)12-13-14/h1-3,5H,4,11H2. The lowest BCUT2D eigenvalue weighted by molar-refractivity contribution is -0.385. The van der Waals surface area contributed by atoms with Crippen LogP contribution in [0.15, 0.2) is 28.9 Å². The Balaban J connectivity index is 2.40. The lowest BCUT2D eigenvalue weighted by Crippen LogP contribution is -1.97. The largest absolute Gasteiger partial charge is 0.325 e. The molecule has 7 nitrogen and oxygen atoms in total. The normalized spacial score (nSPS) is 10.5. The van der Waals surface area contributed by atoms with Crippen molar-refractivity contribution in [3.8, 4) is 5.69 Å². The van der Waals surface area contributed by atoms with Gasteiger partial charge in [-0.15, -0.1) is 5.10 Å². The Labute approximate surface area is 105 Å². The van der Waals surface area contributed by atoms with Gasteiger partial charge in [0, 0.05) is 12.6 Å². The Morgan fingerprint density at radius 1 is 1.53 bits per heavy atom. The number of hydrogen-bond acceptors (Lipinski definition) is 5. The van der Waals surface area contributed by atoms with E-state index in [1.807, 2.05) is 0 Å². The molecule has 2 aromatic rings. The van der Waals surface area contributed by atoms with E-state index in [2.05, 4.69) is 26.2 Å². The molecule has 0 aliphatic carbocycles. The molecule has 0 aliphatic heterocycles. The third-order valence-electron chi connectivity index (χ3n) is 2.14. The van der Waals surface area contributed by atoms with E-state index in [9.17, 15) is 10.1 Å². The maximum absolute atomic E-state index is 10.6. The molecule has 0 unspecified atom stereocenters. The van der Waals surface area contributed by atoms with E-state index < -0.39 is 4.92 Å². The van der Waals surface area contributed by atoms with Gasteiger partial charge in [-0.2, -0.15) is 0 Å². The summed E-state index contributed by atoms with van der Waals surface area (Å²) in [5.74, 6) is 0. The van der Waals surface area contributed by atoms with Crippen LogP contribution in [-0.2, 0) is 6.54 Å². The number of nitro benzene ring substituents is 1. The number of nitro groups is 1. The lowest BCUT2D eigenvalue weighted by atomic mass is 10.3. The number of rotatable bonds is 3. The second-order valence-corrected chi connectivity index (χ2v) is 4.11. The van der Waals surface area contributed by atoms with E-state index in [0.29, 0.717) is 22.4 Å². The van der Waals surface area contributed by atoms with E-state index in [1.54, 1.807) is 18.3 Å². The Bertz CT molecular complexity index is 568. The van der Waals surface area contributed by atoms with Gasteiger partial charge in [0.25, 0.3) is 5.69 Å². The first kappa shape index (κ1) is 11.7. The molecule has 2 rings (SSSR count). The van der Waals surface area contributed by atoms with Gasteiger partial charge in [-0.1, -0.05) is 5.21 Å². The van der Waals surface area contributed by atoms with Crippen molar-refractivity contribution in [2.45, 2.75) is 6.54 Å². The molecular formula is C9H8BrN5O2. The summed E-state index contributed by atoms with van der Waals surface area (Å²) in [6.07, 6.45) is 1.67. The molecule has 0 aliphatic rings. The third-order valence-corrected chi connectivity index (χ3v) is 2.78. The van der Waals surface area contributed by atoms with Crippen LogP contribution in [0.2, 0.25) is 0 Å². The van der Waals surface area contributed by atoms with Crippen LogP contribution in [0.3, 0.4) is 0 Å². The van der Waals surface area contributed by atoms with E-state index >= 15 is 0 Å². The van der Waals surface area contributed by atoms with Gasteiger partial charge in [-0.3, -0.25) is 10.1 Å². The van der Waals surface area contributed by atoms with Crippen LogP contribution in [0.5, 0.6) is 0 Å². The molecule has 0 amide bonds. The Morgan fingerprint density at radius 2 is 2.29 bits per heavy atom. The molecule has 2 N–H and O–H groups in total. The van der Waals surface area contributed by atoms with Crippen LogP contribution in [0.4, 0.5) is 5.69 Å². The van der Waals surface area contributed by atoms with E-state index in [-0.39, 0.29) is 5.69 Å². The highest BCUT2D eigenvalue weighted by Gasteiger charge is 2.12. The van der Waals surface area contributed by atoms with Crippen molar-refractivity contribution in [2.24, 2.45) is 5.73 Å². The van der Waals surface area contributed by atoms with Gasteiger partial charge < -0.3 is 5.73 Å². The average Bonchev–Trinajstić information content (AvgIpc) is 2.76. The van der Waals surface area contributed by atoms with Crippen molar-refractivity contribution in [2.75, 3.05) is 0 Å².